The largest absolute Gasteiger partial charge is 0.455 e. The molecule has 1 N–H and O–H groups in total. The van der Waals surface area contributed by atoms with E-state index >= 15 is 0 Å². The quantitative estimate of drug-likeness (QED) is 0.856. The van der Waals surface area contributed by atoms with Crippen molar-refractivity contribution in [2.45, 2.75) is 18.4 Å². The van der Waals surface area contributed by atoms with Crippen LogP contribution < -0.4 is 5.32 Å². The fourth-order valence-electron chi connectivity index (χ4n) is 3.77. The smallest absolute Gasteiger partial charge is 0.291 e. The van der Waals surface area contributed by atoms with Crippen LogP contribution in [0.1, 0.15) is 12.8 Å². The van der Waals surface area contributed by atoms with Crippen molar-refractivity contribution >= 4 is 33.0 Å². The number of hydrogen-bond donors (Lipinski definition) is 1. The number of piperidine rings is 3. The van der Waals surface area contributed by atoms with E-state index in [4.69, 9.17) is 4.74 Å². The number of hydrogen-bond acceptors (Lipinski definition) is 8. The summed E-state index contributed by atoms with van der Waals surface area (Å²) in [6, 6.07) is 0.591. The van der Waals surface area contributed by atoms with Crippen LogP contribution in [0.2, 0.25) is 0 Å². The summed E-state index contributed by atoms with van der Waals surface area (Å²) >= 11 is 1.47. The van der Waals surface area contributed by atoms with Gasteiger partial charge in [-0.1, -0.05) is 11.3 Å². The minimum atomic E-state index is -0.119. The van der Waals surface area contributed by atoms with E-state index in [1.54, 1.807) is 12.4 Å². The molecule has 0 saturated carbocycles. The van der Waals surface area contributed by atoms with Crippen molar-refractivity contribution in [1.29, 1.82) is 0 Å². The second-order valence-corrected chi connectivity index (χ2v) is 7.15. The molecule has 2 bridgehead atoms. The fourth-order valence-corrected chi connectivity index (χ4v) is 4.53. The molecule has 4 aliphatic rings. The van der Waals surface area contributed by atoms with Crippen molar-refractivity contribution in [2.75, 3.05) is 31.5 Å². The molecule has 4 aliphatic heterocycles. The molecule has 1 atom stereocenters. The number of fused-ring (bicyclic) bond motifs is 3. The molecule has 0 aromatic carbocycles. The highest BCUT2D eigenvalue weighted by molar-refractivity contribution is 7.21. The second-order valence-electron chi connectivity index (χ2n) is 6.17. The van der Waals surface area contributed by atoms with E-state index in [1.165, 1.54) is 37.3 Å². The normalized spacial score (nSPS) is 33.2. The highest BCUT2D eigenvalue weighted by Gasteiger charge is 2.51. The first kappa shape index (κ1) is 12.7. The van der Waals surface area contributed by atoms with Crippen LogP contribution in [0.25, 0.3) is 10.5 Å². The lowest BCUT2D eigenvalue weighted by Gasteiger charge is -2.50. The number of aliphatic imine (C=N–C) groups is 1. The van der Waals surface area contributed by atoms with Gasteiger partial charge in [0.2, 0.25) is 0 Å². The van der Waals surface area contributed by atoms with Crippen molar-refractivity contribution in [3.05, 3.63) is 12.4 Å². The van der Waals surface area contributed by atoms with Gasteiger partial charge in [-0.05, 0) is 25.9 Å². The Morgan fingerprint density at radius 2 is 2.14 bits per heavy atom. The molecule has 6 rings (SSSR count). The molecule has 0 aliphatic carbocycles. The van der Waals surface area contributed by atoms with E-state index in [0.29, 0.717) is 17.6 Å². The summed E-state index contributed by atoms with van der Waals surface area (Å²) in [5, 5.41) is 3.93. The number of aromatic nitrogens is 3. The molecular formula is C14H16N6OS. The zero-order chi connectivity index (χ0) is 14.6. The molecule has 0 radical (unpaired) electrons. The summed E-state index contributed by atoms with van der Waals surface area (Å²) in [5.74, 6) is 0.624. The van der Waals surface area contributed by atoms with Crippen LogP contribution in [0.3, 0.4) is 0 Å². The van der Waals surface area contributed by atoms with E-state index < -0.39 is 0 Å². The maximum Gasteiger partial charge on any atom is 0.291 e. The Morgan fingerprint density at radius 1 is 1.27 bits per heavy atom. The molecule has 2 aromatic rings. The number of nitrogens with zero attached hydrogens (tertiary/aromatic N) is 5. The Kier molecular flexibility index (Phi) is 2.66. The van der Waals surface area contributed by atoms with Crippen LogP contribution in [0.5, 0.6) is 0 Å². The first-order chi connectivity index (χ1) is 10.8. The molecule has 7 nitrogen and oxygen atoms in total. The van der Waals surface area contributed by atoms with Gasteiger partial charge in [0.15, 0.2) is 15.6 Å². The maximum atomic E-state index is 6.25. The minimum absolute atomic E-state index is 0.119. The molecule has 2 aromatic heterocycles. The fraction of sp³-hybridized carbons (Fsp3) is 0.571. The highest BCUT2D eigenvalue weighted by Crippen LogP contribution is 2.41. The van der Waals surface area contributed by atoms with Gasteiger partial charge in [-0.2, -0.15) is 4.98 Å². The lowest BCUT2D eigenvalue weighted by molar-refractivity contribution is -0.0829. The Labute approximate surface area is 131 Å². The van der Waals surface area contributed by atoms with E-state index in [1.807, 2.05) is 0 Å². The first-order valence-electron chi connectivity index (χ1n) is 7.61. The lowest BCUT2D eigenvalue weighted by Crippen LogP contribution is -2.61. The Balaban J connectivity index is 1.35. The van der Waals surface area contributed by atoms with Gasteiger partial charge in [-0.15, -0.1) is 0 Å². The number of nitrogens with one attached hydrogen (secondary N) is 1. The van der Waals surface area contributed by atoms with Crippen LogP contribution in [-0.4, -0.2) is 57.7 Å². The van der Waals surface area contributed by atoms with Crippen LogP contribution in [0, 0.1) is 5.92 Å². The molecule has 114 valence electrons. The summed E-state index contributed by atoms with van der Waals surface area (Å²) in [7, 11) is 0. The number of anilines is 1. The van der Waals surface area contributed by atoms with Gasteiger partial charge in [-0.3, -0.25) is 10.2 Å². The Bertz CT molecular complexity index is 720. The predicted molar refractivity (Wildman–Crippen MR) is 84.1 cm³/mol. The van der Waals surface area contributed by atoms with Crippen molar-refractivity contribution in [3.8, 4) is 0 Å². The van der Waals surface area contributed by atoms with Crippen LogP contribution >= 0.6 is 11.3 Å². The molecule has 6 heterocycles. The van der Waals surface area contributed by atoms with Gasteiger partial charge >= 0.3 is 0 Å². The van der Waals surface area contributed by atoms with E-state index in [0.717, 1.165) is 23.1 Å². The highest BCUT2D eigenvalue weighted by atomic mass is 32.1. The molecule has 8 heteroatoms. The van der Waals surface area contributed by atoms with Crippen LogP contribution in [0.15, 0.2) is 17.4 Å². The van der Waals surface area contributed by atoms with Crippen LogP contribution in [0.4, 0.5) is 5.13 Å². The van der Waals surface area contributed by atoms with Gasteiger partial charge in [0.05, 0.1) is 6.54 Å². The molecule has 1 spiro atoms. The lowest BCUT2D eigenvalue weighted by atomic mass is 9.75. The third-order valence-electron chi connectivity index (χ3n) is 4.87. The predicted octanol–water partition coefficient (Wildman–Crippen LogP) is 1.35. The van der Waals surface area contributed by atoms with E-state index in [-0.39, 0.29) is 5.60 Å². The Morgan fingerprint density at radius 3 is 2.91 bits per heavy atom. The third kappa shape index (κ3) is 1.90. The first-order valence-corrected chi connectivity index (χ1v) is 8.43. The van der Waals surface area contributed by atoms with Crippen molar-refractivity contribution in [2.24, 2.45) is 10.9 Å². The zero-order valence-corrected chi connectivity index (χ0v) is 12.8. The number of amidine groups is 1. The van der Waals surface area contributed by atoms with Crippen molar-refractivity contribution in [1.82, 2.24) is 19.9 Å². The minimum Gasteiger partial charge on any atom is -0.455 e. The van der Waals surface area contributed by atoms with Crippen molar-refractivity contribution < 1.29 is 4.74 Å². The standard InChI is InChI=1S/C14H16N6OS/c1-5-20-6-2-9(1)14(8-20)7-17-12(21-14)19-13-18-10-11(22-13)16-4-3-15-10/h3-4,9H,1-2,5-8H2,(H,15,17,18,19). The summed E-state index contributed by atoms with van der Waals surface area (Å²) in [6.45, 7) is 4.15. The summed E-state index contributed by atoms with van der Waals surface area (Å²) in [5.41, 5.74) is 0.539. The second kappa shape index (κ2) is 4.60. The Hall–Kier alpha value is -1.80. The molecule has 1 unspecified atom stereocenters. The number of ether oxygens (including phenoxy) is 1. The van der Waals surface area contributed by atoms with E-state index in [9.17, 15) is 0 Å². The maximum absolute atomic E-state index is 6.25. The van der Waals surface area contributed by atoms with Crippen molar-refractivity contribution in [3.63, 3.8) is 0 Å². The number of rotatable bonds is 1. The van der Waals surface area contributed by atoms with Gasteiger partial charge in [-0.25, -0.2) is 15.0 Å². The molecule has 22 heavy (non-hydrogen) atoms. The third-order valence-corrected chi connectivity index (χ3v) is 5.74. The van der Waals surface area contributed by atoms with Crippen LogP contribution in [-0.2, 0) is 4.74 Å². The topological polar surface area (TPSA) is 75.5 Å². The molecule has 0 amide bonds. The van der Waals surface area contributed by atoms with Gasteiger partial charge in [0, 0.05) is 24.9 Å². The summed E-state index contributed by atoms with van der Waals surface area (Å²) in [4.78, 5) is 20.8. The summed E-state index contributed by atoms with van der Waals surface area (Å²) in [6.07, 6.45) is 5.77. The molecular weight excluding hydrogens is 300 g/mol. The SMILES string of the molecule is c1cnc2sc(NC3=NCC4(CN5CCC4CC5)O3)nc2n1. The zero-order valence-electron chi connectivity index (χ0n) is 12.0. The van der Waals surface area contributed by atoms with Gasteiger partial charge in [0.1, 0.15) is 5.60 Å². The van der Waals surface area contributed by atoms with E-state index in [2.05, 4.69) is 30.2 Å². The van der Waals surface area contributed by atoms with Gasteiger partial charge in [0.25, 0.3) is 6.02 Å². The van der Waals surface area contributed by atoms with Gasteiger partial charge < -0.3 is 4.74 Å². The average molecular weight is 316 g/mol. The summed E-state index contributed by atoms with van der Waals surface area (Å²) < 4.78 is 6.25. The average Bonchev–Trinajstić information content (AvgIpc) is 3.12. The number of thiazole rings is 1. The molecule has 3 saturated heterocycles. The monoisotopic (exact) mass is 316 g/mol. The molecule has 3 fully saturated rings.